The summed E-state index contributed by atoms with van der Waals surface area (Å²) in [6.07, 6.45) is 3.42. The third kappa shape index (κ3) is 8.06. The second-order valence-electron chi connectivity index (χ2n) is 7.25. The normalized spacial score (nSPS) is 24.4. The van der Waals surface area contributed by atoms with Crippen molar-refractivity contribution >= 4 is 17.5 Å². The van der Waals surface area contributed by atoms with Gasteiger partial charge in [-0.3, -0.25) is 14.4 Å². The smallest absolute Gasteiger partial charge is 0.303 e. The first-order valence-corrected chi connectivity index (χ1v) is 9.46. The van der Waals surface area contributed by atoms with Gasteiger partial charge in [-0.1, -0.05) is 19.1 Å². The number of hydrogen-bond donors (Lipinski definition) is 3. The molecule has 3 N–H and O–H groups in total. The second-order valence-corrected chi connectivity index (χ2v) is 7.25. The molecule has 0 saturated heterocycles. The zero-order valence-corrected chi connectivity index (χ0v) is 16.1. The summed E-state index contributed by atoms with van der Waals surface area (Å²) >= 11 is 0. The first kappa shape index (κ1) is 23.1. The van der Waals surface area contributed by atoms with E-state index in [9.17, 15) is 24.6 Å². The highest BCUT2D eigenvalue weighted by Gasteiger charge is 2.40. The van der Waals surface area contributed by atoms with Crippen molar-refractivity contribution in [3.05, 3.63) is 12.2 Å². The molecule has 0 amide bonds. The highest BCUT2D eigenvalue weighted by atomic mass is 16.4. The fourth-order valence-electron chi connectivity index (χ4n) is 3.25. The van der Waals surface area contributed by atoms with Crippen molar-refractivity contribution in [1.29, 1.82) is 0 Å². The molecule has 0 aliphatic heterocycles. The van der Waals surface area contributed by atoms with Crippen molar-refractivity contribution in [2.75, 3.05) is 0 Å². The monoisotopic (exact) mass is 378 g/mol. The molecule has 0 radical (unpaired) electrons. The van der Waals surface area contributed by atoms with E-state index in [0.717, 1.165) is 0 Å². The number of rotatable bonds is 11. The quantitative estimate of drug-likeness (QED) is 0.288. The van der Waals surface area contributed by atoms with Gasteiger partial charge < -0.3 is 15.3 Å². The zero-order chi connectivity index (χ0) is 20.4. The number of hydrogen-bond acceptors (Lipinski definition) is 5. The maximum atomic E-state index is 12.2. The van der Waals surface area contributed by atoms with Crippen LogP contribution >= 0.6 is 0 Å². The molecule has 1 unspecified atom stereocenters. The molecule has 6 nitrogen and oxygen atoms in total. The largest absolute Gasteiger partial charge is 0.481 e. The molecular formula is C21H30O6. The Bertz CT molecular complexity index is 612. The van der Waals surface area contributed by atoms with Crippen LogP contribution in [0, 0.1) is 29.6 Å². The Kier molecular flexibility index (Phi) is 9.98. The summed E-state index contributed by atoms with van der Waals surface area (Å²) in [6.45, 7) is 3.60. The molecule has 1 rings (SSSR count). The van der Waals surface area contributed by atoms with Crippen LogP contribution in [0.1, 0.15) is 58.8 Å². The van der Waals surface area contributed by atoms with Crippen LogP contribution in [0.4, 0.5) is 0 Å². The SMILES string of the molecule is CC#CCC(C)[C@H](O)C=C[C@H]1[C@H](O)CC(=O)[C@@H]1CC(=O)CCCCC(=O)O. The van der Waals surface area contributed by atoms with Crippen molar-refractivity contribution in [2.45, 2.75) is 71.0 Å². The Morgan fingerprint density at radius 1 is 1.30 bits per heavy atom. The van der Waals surface area contributed by atoms with Gasteiger partial charge in [0, 0.05) is 43.9 Å². The van der Waals surface area contributed by atoms with E-state index in [4.69, 9.17) is 5.11 Å². The number of unbranched alkanes of at least 4 members (excludes halogenated alkanes) is 1. The molecule has 0 aromatic carbocycles. The maximum absolute atomic E-state index is 12.2. The van der Waals surface area contributed by atoms with Gasteiger partial charge in [0.25, 0.3) is 0 Å². The number of ketones is 2. The Balaban J connectivity index is 2.62. The van der Waals surface area contributed by atoms with Crippen LogP contribution in [0.15, 0.2) is 12.2 Å². The first-order valence-electron chi connectivity index (χ1n) is 9.46. The summed E-state index contributed by atoms with van der Waals surface area (Å²) in [5.41, 5.74) is 0. The Hall–Kier alpha value is -1.97. The van der Waals surface area contributed by atoms with Crippen LogP contribution in [-0.2, 0) is 14.4 Å². The van der Waals surface area contributed by atoms with E-state index < -0.39 is 30.0 Å². The van der Waals surface area contributed by atoms with E-state index in [1.165, 1.54) is 0 Å². The predicted molar refractivity (Wildman–Crippen MR) is 101 cm³/mol. The van der Waals surface area contributed by atoms with Gasteiger partial charge in [-0.25, -0.2) is 0 Å². The van der Waals surface area contributed by atoms with E-state index in [-0.39, 0.29) is 43.2 Å². The Morgan fingerprint density at radius 3 is 2.59 bits per heavy atom. The zero-order valence-electron chi connectivity index (χ0n) is 16.1. The number of aliphatic hydroxyl groups excluding tert-OH is 2. The van der Waals surface area contributed by atoms with Crippen LogP contribution < -0.4 is 0 Å². The van der Waals surface area contributed by atoms with Crippen molar-refractivity contribution in [2.24, 2.45) is 17.8 Å². The van der Waals surface area contributed by atoms with E-state index >= 15 is 0 Å². The molecule has 0 aromatic heterocycles. The maximum Gasteiger partial charge on any atom is 0.303 e. The molecule has 0 heterocycles. The minimum atomic E-state index is -0.889. The Labute approximate surface area is 160 Å². The molecule has 1 saturated carbocycles. The van der Waals surface area contributed by atoms with Gasteiger partial charge in [0.1, 0.15) is 11.6 Å². The molecule has 150 valence electrons. The number of aliphatic hydroxyl groups is 2. The molecule has 0 bridgehead atoms. The van der Waals surface area contributed by atoms with E-state index in [2.05, 4.69) is 11.8 Å². The number of carbonyl (C=O) groups is 3. The summed E-state index contributed by atoms with van der Waals surface area (Å²) in [4.78, 5) is 34.8. The molecule has 5 atom stereocenters. The average molecular weight is 378 g/mol. The minimum Gasteiger partial charge on any atom is -0.481 e. The lowest BCUT2D eigenvalue weighted by molar-refractivity contribution is -0.137. The number of Topliss-reactive ketones (excluding diaryl/α,β-unsaturated/α-hetero) is 2. The summed E-state index contributed by atoms with van der Waals surface area (Å²) in [5, 5.41) is 28.9. The fraction of sp³-hybridized carbons (Fsp3) is 0.667. The number of carboxylic acid groups (broad SMARTS) is 1. The summed E-state index contributed by atoms with van der Waals surface area (Å²) in [7, 11) is 0. The molecular weight excluding hydrogens is 348 g/mol. The summed E-state index contributed by atoms with van der Waals surface area (Å²) < 4.78 is 0. The number of aliphatic carboxylic acids is 1. The van der Waals surface area contributed by atoms with E-state index in [0.29, 0.717) is 19.3 Å². The van der Waals surface area contributed by atoms with Crippen LogP contribution in [0.5, 0.6) is 0 Å². The number of carboxylic acids is 1. The topological polar surface area (TPSA) is 112 Å². The average Bonchev–Trinajstić information content (AvgIpc) is 2.87. The van der Waals surface area contributed by atoms with Gasteiger partial charge in [0.2, 0.25) is 0 Å². The standard InChI is InChI=1S/C21H30O6/c1-3-4-7-14(2)18(23)11-10-16-17(20(25)13-19(16)24)12-15(22)8-5-6-9-21(26)27/h10-11,14,16-19,23-24H,5-9,12-13H2,1-2H3,(H,26,27)/t14?,16-,17-,18-,19-/m1/s1. The van der Waals surface area contributed by atoms with Crippen LogP contribution in [0.2, 0.25) is 0 Å². The molecule has 1 fully saturated rings. The molecule has 1 aliphatic carbocycles. The first-order chi connectivity index (χ1) is 12.8. The Morgan fingerprint density at radius 2 is 1.96 bits per heavy atom. The van der Waals surface area contributed by atoms with Gasteiger partial charge in [0.05, 0.1) is 12.2 Å². The van der Waals surface area contributed by atoms with Gasteiger partial charge in [-0.15, -0.1) is 11.8 Å². The van der Waals surface area contributed by atoms with E-state index in [1.807, 2.05) is 6.92 Å². The molecule has 0 aromatic rings. The molecule has 0 spiro atoms. The fourth-order valence-corrected chi connectivity index (χ4v) is 3.25. The minimum absolute atomic E-state index is 0.0128. The molecule has 1 aliphatic rings. The van der Waals surface area contributed by atoms with Crippen LogP contribution in [-0.4, -0.2) is 45.1 Å². The lowest BCUT2D eigenvalue weighted by Gasteiger charge is -2.18. The van der Waals surface area contributed by atoms with Crippen LogP contribution in [0.25, 0.3) is 0 Å². The van der Waals surface area contributed by atoms with Crippen molar-refractivity contribution < 1.29 is 29.7 Å². The lowest BCUT2D eigenvalue weighted by Crippen LogP contribution is -2.23. The summed E-state index contributed by atoms with van der Waals surface area (Å²) in [6, 6.07) is 0. The second kappa shape index (κ2) is 11.7. The van der Waals surface area contributed by atoms with E-state index in [1.54, 1.807) is 19.1 Å². The van der Waals surface area contributed by atoms with Crippen molar-refractivity contribution in [3.8, 4) is 11.8 Å². The molecule has 6 heteroatoms. The van der Waals surface area contributed by atoms with Gasteiger partial charge in [-0.05, 0) is 25.7 Å². The van der Waals surface area contributed by atoms with Crippen LogP contribution in [0.3, 0.4) is 0 Å². The third-order valence-corrected chi connectivity index (χ3v) is 4.99. The number of carbonyl (C=O) groups excluding carboxylic acids is 2. The highest BCUT2D eigenvalue weighted by molar-refractivity contribution is 5.90. The summed E-state index contributed by atoms with van der Waals surface area (Å²) in [5.74, 6) is 3.42. The lowest BCUT2D eigenvalue weighted by atomic mass is 9.87. The third-order valence-electron chi connectivity index (χ3n) is 4.99. The van der Waals surface area contributed by atoms with Crippen molar-refractivity contribution in [3.63, 3.8) is 0 Å². The van der Waals surface area contributed by atoms with Gasteiger partial charge in [0.15, 0.2) is 0 Å². The predicted octanol–water partition coefficient (Wildman–Crippen LogP) is 2.12. The van der Waals surface area contributed by atoms with Gasteiger partial charge in [-0.2, -0.15) is 0 Å². The molecule has 27 heavy (non-hydrogen) atoms. The van der Waals surface area contributed by atoms with Gasteiger partial charge >= 0.3 is 5.97 Å². The van der Waals surface area contributed by atoms with Crippen molar-refractivity contribution in [1.82, 2.24) is 0 Å². The highest BCUT2D eigenvalue weighted by Crippen LogP contribution is 2.33.